The molecule has 21 heavy (non-hydrogen) atoms. The van der Waals surface area contributed by atoms with Gasteiger partial charge >= 0.3 is 0 Å². The van der Waals surface area contributed by atoms with E-state index >= 15 is 0 Å². The summed E-state index contributed by atoms with van der Waals surface area (Å²) in [5.74, 6) is 6.11. The first-order valence-corrected chi connectivity index (χ1v) is 6.67. The fourth-order valence-electron chi connectivity index (χ4n) is 2.57. The molecule has 3 aromatic rings. The molecule has 0 aliphatic heterocycles. The number of benzene rings is 1. The van der Waals surface area contributed by atoms with Gasteiger partial charge in [0.2, 0.25) is 0 Å². The number of pyridine rings is 1. The molecule has 3 rings (SSSR count). The highest BCUT2D eigenvalue weighted by Crippen LogP contribution is 2.33. The lowest BCUT2D eigenvalue weighted by Gasteiger charge is -2.16. The van der Waals surface area contributed by atoms with Crippen molar-refractivity contribution < 1.29 is 8.81 Å². The minimum absolute atomic E-state index is 0.284. The molecule has 0 spiro atoms. The zero-order valence-corrected chi connectivity index (χ0v) is 11.9. The maximum atomic E-state index is 13.4. The van der Waals surface area contributed by atoms with Crippen molar-refractivity contribution in [2.75, 3.05) is 0 Å². The summed E-state index contributed by atoms with van der Waals surface area (Å²) in [6, 6.07) is 6.08. The van der Waals surface area contributed by atoms with Crippen LogP contribution in [0.4, 0.5) is 4.39 Å². The summed E-state index contributed by atoms with van der Waals surface area (Å²) in [7, 11) is 0. The number of nitrogens with one attached hydrogen (secondary N) is 1. The zero-order chi connectivity index (χ0) is 15.0. The molecule has 2 aromatic heterocycles. The second-order valence-corrected chi connectivity index (χ2v) is 5.06. The van der Waals surface area contributed by atoms with Gasteiger partial charge in [0.1, 0.15) is 23.2 Å². The van der Waals surface area contributed by atoms with Crippen molar-refractivity contribution in [3.63, 3.8) is 0 Å². The van der Waals surface area contributed by atoms with E-state index in [-0.39, 0.29) is 11.9 Å². The molecule has 1 unspecified atom stereocenters. The van der Waals surface area contributed by atoms with Gasteiger partial charge < -0.3 is 4.42 Å². The quantitative estimate of drug-likeness (QED) is 0.573. The van der Waals surface area contributed by atoms with Crippen molar-refractivity contribution in [1.82, 2.24) is 10.4 Å². The average Bonchev–Trinajstić information content (AvgIpc) is 2.79. The molecule has 1 aromatic carbocycles. The Kier molecular flexibility index (Phi) is 3.45. The van der Waals surface area contributed by atoms with Crippen molar-refractivity contribution >= 4 is 11.0 Å². The van der Waals surface area contributed by atoms with Gasteiger partial charge in [-0.25, -0.2) is 9.82 Å². The average molecular weight is 285 g/mol. The number of aryl methyl sites for hydroxylation is 2. The van der Waals surface area contributed by atoms with Crippen LogP contribution >= 0.6 is 0 Å². The molecule has 0 aliphatic rings. The van der Waals surface area contributed by atoms with Crippen LogP contribution < -0.4 is 11.3 Å². The van der Waals surface area contributed by atoms with E-state index in [2.05, 4.69) is 10.4 Å². The Labute approximate surface area is 121 Å². The standard InChI is InChI=1S/C16H16FN3O/c1-9-5-6-19-8-13(9)15(20-18)16-10(2)12-7-11(17)3-4-14(12)21-16/h3-8,15,20H,18H2,1-2H3. The van der Waals surface area contributed by atoms with E-state index in [0.29, 0.717) is 11.3 Å². The van der Waals surface area contributed by atoms with Crippen LogP contribution in [-0.4, -0.2) is 4.98 Å². The van der Waals surface area contributed by atoms with Gasteiger partial charge in [-0.05, 0) is 49.2 Å². The number of rotatable bonds is 3. The molecule has 0 amide bonds. The van der Waals surface area contributed by atoms with Crippen molar-refractivity contribution in [1.29, 1.82) is 0 Å². The minimum Gasteiger partial charge on any atom is -0.459 e. The fraction of sp³-hybridized carbons (Fsp3) is 0.188. The first kappa shape index (κ1) is 13.7. The van der Waals surface area contributed by atoms with Gasteiger partial charge in [-0.1, -0.05) is 0 Å². The molecule has 5 heteroatoms. The largest absolute Gasteiger partial charge is 0.459 e. The lowest BCUT2D eigenvalue weighted by atomic mass is 9.99. The molecule has 0 saturated carbocycles. The number of furan rings is 1. The number of hydrogen-bond donors (Lipinski definition) is 2. The van der Waals surface area contributed by atoms with E-state index < -0.39 is 0 Å². The smallest absolute Gasteiger partial charge is 0.134 e. The van der Waals surface area contributed by atoms with Crippen LogP contribution in [0.5, 0.6) is 0 Å². The number of hydrazine groups is 1. The number of nitrogens with two attached hydrogens (primary N) is 1. The number of aromatic nitrogens is 1. The van der Waals surface area contributed by atoms with Crippen molar-refractivity contribution in [2.45, 2.75) is 19.9 Å². The maximum Gasteiger partial charge on any atom is 0.134 e. The Morgan fingerprint density at radius 2 is 2.10 bits per heavy atom. The van der Waals surface area contributed by atoms with Crippen molar-refractivity contribution in [3.05, 3.63) is 64.9 Å². The third kappa shape index (κ3) is 2.30. The van der Waals surface area contributed by atoms with Crippen LogP contribution in [0.2, 0.25) is 0 Å². The molecule has 1 atom stereocenters. The monoisotopic (exact) mass is 285 g/mol. The van der Waals surface area contributed by atoms with E-state index in [1.807, 2.05) is 19.9 Å². The molecule has 0 fully saturated rings. The summed E-state index contributed by atoms with van der Waals surface area (Å²) in [4.78, 5) is 4.14. The van der Waals surface area contributed by atoms with E-state index in [1.165, 1.54) is 12.1 Å². The summed E-state index contributed by atoms with van der Waals surface area (Å²) in [6.07, 6.45) is 3.49. The van der Waals surface area contributed by atoms with Gasteiger partial charge in [0.25, 0.3) is 0 Å². The van der Waals surface area contributed by atoms with Crippen LogP contribution in [0.1, 0.15) is 28.5 Å². The van der Waals surface area contributed by atoms with Gasteiger partial charge in [-0.15, -0.1) is 0 Å². The maximum absolute atomic E-state index is 13.4. The molecule has 0 radical (unpaired) electrons. The van der Waals surface area contributed by atoms with Gasteiger partial charge in [-0.2, -0.15) is 0 Å². The molecular formula is C16H16FN3O. The summed E-state index contributed by atoms with van der Waals surface area (Å²) >= 11 is 0. The second-order valence-electron chi connectivity index (χ2n) is 5.06. The van der Waals surface area contributed by atoms with Gasteiger partial charge in [0.15, 0.2) is 0 Å². The van der Waals surface area contributed by atoms with Crippen LogP contribution in [0.25, 0.3) is 11.0 Å². The van der Waals surface area contributed by atoms with E-state index in [9.17, 15) is 4.39 Å². The number of nitrogens with zero attached hydrogens (tertiary/aromatic N) is 1. The number of hydrogen-bond acceptors (Lipinski definition) is 4. The predicted molar refractivity (Wildman–Crippen MR) is 79.0 cm³/mol. The van der Waals surface area contributed by atoms with Gasteiger partial charge in [0.05, 0.1) is 0 Å². The van der Waals surface area contributed by atoms with Crippen LogP contribution in [0.3, 0.4) is 0 Å². The summed E-state index contributed by atoms with van der Waals surface area (Å²) in [6.45, 7) is 3.88. The third-order valence-electron chi connectivity index (χ3n) is 3.75. The van der Waals surface area contributed by atoms with E-state index in [0.717, 1.165) is 22.1 Å². The first-order chi connectivity index (χ1) is 10.1. The highest BCUT2D eigenvalue weighted by atomic mass is 19.1. The lowest BCUT2D eigenvalue weighted by Crippen LogP contribution is -2.29. The Morgan fingerprint density at radius 3 is 2.81 bits per heavy atom. The van der Waals surface area contributed by atoms with Crippen LogP contribution in [-0.2, 0) is 0 Å². The highest BCUT2D eigenvalue weighted by Gasteiger charge is 2.22. The molecule has 3 N–H and O–H groups in total. The lowest BCUT2D eigenvalue weighted by molar-refractivity contribution is 0.472. The predicted octanol–water partition coefficient (Wildman–Crippen LogP) is 3.14. The van der Waals surface area contributed by atoms with Gasteiger partial charge in [-0.3, -0.25) is 10.8 Å². The zero-order valence-electron chi connectivity index (χ0n) is 11.9. The molecule has 0 saturated heterocycles. The van der Waals surface area contributed by atoms with Crippen molar-refractivity contribution in [2.24, 2.45) is 5.84 Å². The SMILES string of the molecule is Cc1ccncc1C(NN)c1oc2ccc(F)cc2c1C. The Morgan fingerprint density at radius 1 is 1.29 bits per heavy atom. The molecule has 0 aliphatic carbocycles. The fourth-order valence-corrected chi connectivity index (χ4v) is 2.57. The van der Waals surface area contributed by atoms with E-state index in [1.54, 1.807) is 18.5 Å². The molecule has 4 nitrogen and oxygen atoms in total. The minimum atomic E-state index is -0.325. The van der Waals surface area contributed by atoms with Crippen molar-refractivity contribution in [3.8, 4) is 0 Å². The van der Waals surface area contributed by atoms with Gasteiger partial charge in [0, 0.05) is 23.3 Å². The molecule has 0 bridgehead atoms. The van der Waals surface area contributed by atoms with Crippen LogP contribution in [0, 0.1) is 19.7 Å². The Balaban J connectivity index is 2.18. The molecule has 2 heterocycles. The Bertz CT molecular complexity index is 797. The first-order valence-electron chi connectivity index (χ1n) is 6.67. The van der Waals surface area contributed by atoms with E-state index in [4.69, 9.17) is 10.3 Å². The molecular weight excluding hydrogens is 269 g/mol. The Hall–Kier alpha value is -2.24. The molecule has 108 valence electrons. The second kappa shape index (κ2) is 5.27. The number of halogens is 1. The number of fused-ring (bicyclic) bond motifs is 1. The van der Waals surface area contributed by atoms with Crippen LogP contribution in [0.15, 0.2) is 41.1 Å². The summed E-state index contributed by atoms with van der Waals surface area (Å²) in [5, 5.41) is 0.756. The third-order valence-corrected chi connectivity index (χ3v) is 3.75. The normalized spacial score (nSPS) is 12.8. The topological polar surface area (TPSA) is 64.1 Å². The summed E-state index contributed by atoms with van der Waals surface area (Å²) in [5.41, 5.74) is 6.27. The summed E-state index contributed by atoms with van der Waals surface area (Å²) < 4.78 is 19.3. The highest BCUT2D eigenvalue weighted by molar-refractivity contribution is 5.82.